The zero-order chi connectivity index (χ0) is 75.8. The summed E-state index contributed by atoms with van der Waals surface area (Å²) in [6.45, 7) is 6.10. The number of piperidine rings is 1. The molecule has 3 heterocycles. The molecule has 103 heavy (non-hydrogen) atoms. The molecular weight excluding hydrogens is 1360 g/mol. The lowest BCUT2D eigenvalue weighted by Crippen LogP contribution is -2.64. The number of carbonyl (C=O) groups excluding carboxylic acids is 12. The molecule has 0 bridgehead atoms. The van der Waals surface area contributed by atoms with Crippen molar-refractivity contribution in [1.29, 1.82) is 0 Å². The summed E-state index contributed by atoms with van der Waals surface area (Å²) in [6, 6.07) is -4.46. The number of nitrogens with one attached hydrogen (secondary N) is 3. The highest BCUT2D eigenvalue weighted by Gasteiger charge is 2.50. The van der Waals surface area contributed by atoms with Gasteiger partial charge in [-0.2, -0.15) is 13.2 Å². The quantitative estimate of drug-likeness (QED) is 0.208. The van der Waals surface area contributed by atoms with Crippen LogP contribution in [0.2, 0.25) is 5.02 Å². The smallest absolute Gasteiger partial charge is 0.381 e. The predicted octanol–water partition coefficient (Wildman–Crippen LogP) is 5.91. The molecule has 3 saturated carbocycles. The lowest BCUT2D eigenvalue weighted by Gasteiger charge is -2.43. The van der Waals surface area contributed by atoms with Crippen molar-refractivity contribution in [3.63, 3.8) is 0 Å². The summed E-state index contributed by atoms with van der Waals surface area (Å²) >= 11 is 6.18. The minimum atomic E-state index is -4.77. The highest BCUT2D eigenvalue weighted by atomic mass is 35.5. The fourth-order valence-electron chi connectivity index (χ4n) is 15.7. The largest absolute Gasteiger partial charge is 0.417 e. The van der Waals surface area contributed by atoms with Gasteiger partial charge >= 0.3 is 6.18 Å². The number of likely N-dealkylation sites (tertiary alicyclic amines) is 1. The standard InChI is InChI=1S/C74H114ClF3N12O13/c1-12-48(4)64-70(100)84(7)43-62(94)82(5)44-63(95)86(9)57(38-49-24-16-13-17-25-49)68(98)83(6)41-59(91)79-55(31-29-50-28-30-53(54(75)37-50)74(76,77)78)67(97)90(40-51-45-103-46-51)42-60(92)81-73(32-20-21-33-73)72(102)88(11)65(52-26-18-14-19-27-52)71(101)87(10)58(69(99)89-34-22-15-23-35-89)39-61(93)85(8)56(36-47(2)3)66(96)80-64/h28,30,37,47-49,51-52,55-58,64-65H,12-27,29,31-36,38-46H2,1-11H3,(H,79,91)(H,80,96)(H,81,92)/t48-,55-,56-,57-,58-,64-,65-/m0/s1. The van der Waals surface area contributed by atoms with Crippen LogP contribution in [0.4, 0.5) is 13.2 Å². The van der Waals surface area contributed by atoms with E-state index in [1.54, 1.807) is 11.8 Å². The third kappa shape index (κ3) is 22.0. The van der Waals surface area contributed by atoms with Crippen molar-refractivity contribution in [2.45, 2.75) is 223 Å². The first-order chi connectivity index (χ1) is 48.7. The summed E-state index contributed by atoms with van der Waals surface area (Å²) in [7, 11) is 9.99. The van der Waals surface area contributed by atoms with E-state index in [4.69, 9.17) is 16.3 Å². The average Bonchev–Trinajstić information content (AvgIpc) is 1.77. The minimum Gasteiger partial charge on any atom is -0.381 e. The van der Waals surface area contributed by atoms with Crippen LogP contribution in [-0.4, -0.2) is 265 Å². The van der Waals surface area contributed by atoms with E-state index in [1.165, 1.54) is 79.9 Å². The van der Waals surface area contributed by atoms with Gasteiger partial charge in [0.1, 0.15) is 41.8 Å². The number of rotatable bonds is 13. The summed E-state index contributed by atoms with van der Waals surface area (Å²) in [5, 5.41) is 8.12. The fraction of sp³-hybridized carbons (Fsp3) is 0.757. The van der Waals surface area contributed by atoms with Gasteiger partial charge in [0.25, 0.3) is 0 Å². The number of benzene rings is 1. The number of nitrogens with zero attached hydrogens (tertiary/aromatic N) is 9. The monoisotopic (exact) mass is 1470 g/mol. The van der Waals surface area contributed by atoms with Crippen molar-refractivity contribution in [1.82, 2.24) is 60.0 Å². The van der Waals surface area contributed by atoms with E-state index in [-0.39, 0.29) is 81.6 Å². The van der Waals surface area contributed by atoms with Crippen molar-refractivity contribution in [2.75, 3.05) is 108 Å². The van der Waals surface area contributed by atoms with Crippen molar-refractivity contribution in [3.8, 4) is 0 Å². The van der Waals surface area contributed by atoms with Gasteiger partial charge in [-0.05, 0) is 112 Å². The summed E-state index contributed by atoms with van der Waals surface area (Å²) in [5.41, 5.74) is -2.39. The minimum absolute atomic E-state index is 0.00934. The van der Waals surface area contributed by atoms with Gasteiger partial charge in [-0.3, -0.25) is 57.5 Å². The van der Waals surface area contributed by atoms with E-state index in [9.17, 15) is 41.9 Å². The van der Waals surface area contributed by atoms with Gasteiger partial charge in [0.05, 0.1) is 56.4 Å². The van der Waals surface area contributed by atoms with Crippen LogP contribution in [0.15, 0.2) is 18.2 Å². The molecular formula is C74H114ClF3N12O13. The Hall–Kier alpha value is -7.10. The van der Waals surface area contributed by atoms with Gasteiger partial charge in [0, 0.05) is 74.9 Å². The van der Waals surface area contributed by atoms with Crippen LogP contribution in [-0.2, 0) is 74.9 Å². The molecule has 1 spiro atoms. The van der Waals surface area contributed by atoms with Crippen LogP contribution in [0.3, 0.4) is 0 Å². The van der Waals surface area contributed by atoms with Crippen molar-refractivity contribution in [2.24, 2.45) is 29.6 Å². The Morgan fingerprint density at radius 1 is 0.631 bits per heavy atom. The summed E-state index contributed by atoms with van der Waals surface area (Å²) in [4.78, 5) is 191. The van der Waals surface area contributed by atoms with Crippen molar-refractivity contribution >= 4 is 82.5 Å². The van der Waals surface area contributed by atoms with Crippen molar-refractivity contribution in [3.05, 3.63) is 34.3 Å². The molecule has 3 aliphatic carbocycles. The Labute approximate surface area is 611 Å². The van der Waals surface area contributed by atoms with E-state index in [2.05, 4.69) is 16.0 Å². The van der Waals surface area contributed by atoms with Crippen LogP contribution in [0.25, 0.3) is 0 Å². The second-order valence-corrected chi connectivity index (χ2v) is 31.1. The van der Waals surface area contributed by atoms with E-state index in [0.717, 1.165) is 84.6 Å². The van der Waals surface area contributed by atoms with Crippen LogP contribution in [0.1, 0.15) is 180 Å². The fourth-order valence-corrected chi connectivity index (χ4v) is 16.0. The number of alkyl halides is 3. The molecule has 3 aliphatic heterocycles. The second kappa shape index (κ2) is 37.7. The van der Waals surface area contributed by atoms with Gasteiger partial charge in [0.15, 0.2) is 0 Å². The van der Waals surface area contributed by atoms with E-state index in [0.29, 0.717) is 58.0 Å². The SMILES string of the molecule is CC[C@H](C)[C@@H]1NC(=O)[C@H](CC(C)C)N(C)C(=O)C[C@@H](C(=O)N2CCCCC2)N(C)C(=O)[C@H](C2CCCCC2)N(C)C(=O)C2(CCCC2)NC(=O)CN(CC2COC2)C(=O)[C@H](CCc2ccc(C(F)(F)F)c(Cl)c2)NC(=O)CN(C)C(=O)[C@H](CC2CCCCC2)N(C)C(=O)CN(C)C(=O)CN(C)C1=O. The maximum Gasteiger partial charge on any atom is 0.417 e. The molecule has 576 valence electrons. The Kier molecular flexibility index (Phi) is 30.5. The lowest BCUT2D eigenvalue weighted by molar-refractivity contribution is -0.157. The van der Waals surface area contributed by atoms with Gasteiger partial charge < -0.3 is 64.8 Å². The maximum absolute atomic E-state index is 15.8. The van der Waals surface area contributed by atoms with Crippen LogP contribution in [0.5, 0.6) is 0 Å². The first-order valence-corrected chi connectivity index (χ1v) is 37.7. The Morgan fingerprint density at radius 3 is 1.81 bits per heavy atom. The number of aryl methyl sites for hydroxylation is 1. The van der Waals surface area contributed by atoms with Crippen LogP contribution < -0.4 is 16.0 Å². The Bertz CT molecular complexity index is 3170. The maximum atomic E-state index is 15.8. The summed E-state index contributed by atoms with van der Waals surface area (Å²) in [6.07, 6.45) is 6.36. The molecule has 0 radical (unpaired) electrons. The van der Waals surface area contributed by atoms with Crippen LogP contribution >= 0.6 is 11.6 Å². The molecule has 25 nitrogen and oxygen atoms in total. The number of likely N-dealkylation sites (N-methyl/N-ethyl adjacent to an activating group) is 7. The molecule has 1 aromatic rings. The molecule has 7 atom stereocenters. The predicted molar refractivity (Wildman–Crippen MR) is 380 cm³/mol. The highest BCUT2D eigenvalue weighted by molar-refractivity contribution is 6.31. The number of hydrogen-bond acceptors (Lipinski definition) is 13. The van der Waals surface area contributed by atoms with Gasteiger partial charge in [-0.1, -0.05) is 116 Å². The van der Waals surface area contributed by atoms with Gasteiger partial charge in [-0.15, -0.1) is 0 Å². The molecule has 3 N–H and O–H groups in total. The number of halogens is 4. The normalized spacial score (nSPS) is 26.1. The topological polar surface area (TPSA) is 279 Å². The molecule has 3 saturated heterocycles. The first-order valence-electron chi connectivity index (χ1n) is 37.4. The number of hydrogen-bond donors (Lipinski definition) is 3. The first kappa shape index (κ1) is 83.2. The molecule has 6 aliphatic rings. The molecule has 7 rings (SSSR count). The third-order valence-electron chi connectivity index (χ3n) is 22.4. The van der Waals surface area contributed by atoms with Gasteiger partial charge in [-0.25, -0.2) is 0 Å². The number of carbonyl (C=O) groups is 12. The number of ether oxygens (including phenoxy) is 1. The lowest BCUT2D eigenvalue weighted by atomic mass is 9.81. The molecule has 6 fully saturated rings. The molecule has 12 amide bonds. The summed E-state index contributed by atoms with van der Waals surface area (Å²) in [5.74, 6) is -9.24. The van der Waals surface area contributed by atoms with Gasteiger partial charge in [0.2, 0.25) is 70.9 Å². The van der Waals surface area contributed by atoms with Crippen LogP contribution in [0, 0.1) is 29.6 Å². The molecule has 29 heteroatoms. The van der Waals surface area contributed by atoms with E-state index >= 15 is 28.8 Å². The molecule has 0 aromatic heterocycles. The zero-order valence-corrected chi connectivity index (χ0v) is 63.3. The number of amides is 12. The average molecular weight is 1470 g/mol. The molecule has 1 aromatic carbocycles. The molecule has 0 unspecified atom stereocenters. The van der Waals surface area contributed by atoms with E-state index in [1.807, 2.05) is 20.8 Å². The highest BCUT2D eigenvalue weighted by Crippen LogP contribution is 2.38. The second-order valence-electron chi connectivity index (χ2n) is 30.7. The summed E-state index contributed by atoms with van der Waals surface area (Å²) < 4.78 is 47.3. The van der Waals surface area contributed by atoms with E-state index < -0.39 is 174 Å². The Balaban J connectivity index is 1.30. The van der Waals surface area contributed by atoms with Crippen molar-refractivity contribution < 1.29 is 75.4 Å². The third-order valence-corrected chi connectivity index (χ3v) is 22.7. The zero-order valence-electron chi connectivity index (χ0n) is 62.6. The Morgan fingerprint density at radius 2 is 1.22 bits per heavy atom.